The summed E-state index contributed by atoms with van der Waals surface area (Å²) in [5.74, 6) is 0. The Morgan fingerprint density at radius 1 is 1.10 bits per heavy atom. The quantitative estimate of drug-likeness (QED) is 0.302. The van der Waals surface area contributed by atoms with Crippen LogP contribution in [0.3, 0.4) is 0 Å². The Kier molecular flexibility index (Phi) is 7.46. The average Bonchev–Trinajstić information content (AvgIpc) is 2.73. The Morgan fingerprint density at radius 3 is 2.34 bits per heavy atom. The van der Waals surface area contributed by atoms with Crippen LogP contribution in [-0.2, 0) is 10.0 Å². The first-order chi connectivity index (χ1) is 13.8. The third kappa shape index (κ3) is 5.24. The van der Waals surface area contributed by atoms with E-state index in [4.69, 9.17) is 11.6 Å². The number of rotatable bonds is 7. The molecule has 0 fully saturated rings. The monoisotopic (exact) mass is 543 g/mol. The van der Waals surface area contributed by atoms with E-state index in [-0.39, 0.29) is 5.41 Å². The van der Waals surface area contributed by atoms with Crippen LogP contribution in [0.4, 0.5) is 0 Å². The molecule has 0 saturated carbocycles. The summed E-state index contributed by atoms with van der Waals surface area (Å²) >= 11 is 8.47. The summed E-state index contributed by atoms with van der Waals surface area (Å²) in [6.45, 7) is 5.03. The smallest absolute Gasteiger partial charge is 0.207 e. The molecule has 0 aromatic heterocycles. The second-order valence-corrected chi connectivity index (χ2v) is 11.0. The Labute approximate surface area is 193 Å². The molecule has 1 aliphatic rings. The van der Waals surface area contributed by atoms with E-state index >= 15 is 0 Å². The fourth-order valence-electron chi connectivity index (χ4n) is 3.75. The topological polar surface area (TPSA) is 37.4 Å². The van der Waals surface area contributed by atoms with Crippen LogP contribution in [0.2, 0.25) is 5.02 Å². The van der Waals surface area contributed by atoms with Gasteiger partial charge in [-0.15, -0.1) is 0 Å². The second-order valence-electron chi connectivity index (χ2n) is 7.86. The van der Waals surface area contributed by atoms with Crippen LogP contribution >= 0.6 is 34.2 Å². The maximum atomic E-state index is 13.5. The summed E-state index contributed by atoms with van der Waals surface area (Å²) in [6, 6.07) is 14.8. The zero-order valence-electron chi connectivity index (χ0n) is 16.9. The Bertz CT molecular complexity index is 971. The second kappa shape index (κ2) is 9.50. The van der Waals surface area contributed by atoms with E-state index in [1.165, 1.54) is 0 Å². The van der Waals surface area contributed by atoms with Crippen molar-refractivity contribution in [1.29, 1.82) is 0 Å². The Balaban J connectivity index is 2.04. The molecular weight excluding hydrogens is 517 g/mol. The number of halogens is 2. The number of alkyl halides is 1. The average molecular weight is 544 g/mol. The lowest BCUT2D eigenvalue weighted by Gasteiger charge is -2.40. The van der Waals surface area contributed by atoms with Crippen molar-refractivity contribution in [3.8, 4) is 0 Å². The van der Waals surface area contributed by atoms with Gasteiger partial charge >= 0.3 is 0 Å². The summed E-state index contributed by atoms with van der Waals surface area (Å²) in [5.41, 5.74) is 2.97. The van der Waals surface area contributed by atoms with E-state index in [9.17, 15) is 8.42 Å². The predicted molar refractivity (Wildman–Crippen MR) is 130 cm³/mol. The van der Waals surface area contributed by atoms with Crippen LogP contribution in [-0.4, -0.2) is 30.2 Å². The molecule has 0 amide bonds. The molecule has 1 aliphatic heterocycles. The third-order valence-corrected chi connectivity index (χ3v) is 9.06. The largest absolute Gasteiger partial charge is 0.243 e. The molecular formula is C23H27ClINO2S. The first kappa shape index (κ1) is 22.8. The predicted octanol–water partition coefficient (Wildman–Crippen LogP) is 6.35. The van der Waals surface area contributed by atoms with Crippen molar-refractivity contribution in [3.05, 3.63) is 70.8 Å². The van der Waals surface area contributed by atoms with Crippen molar-refractivity contribution in [1.82, 2.24) is 4.31 Å². The van der Waals surface area contributed by atoms with Crippen LogP contribution in [0.5, 0.6) is 0 Å². The maximum absolute atomic E-state index is 13.5. The summed E-state index contributed by atoms with van der Waals surface area (Å²) in [5, 5.41) is 0.681. The van der Waals surface area contributed by atoms with Crippen LogP contribution in [0.1, 0.15) is 37.3 Å². The van der Waals surface area contributed by atoms with Gasteiger partial charge in [0.15, 0.2) is 0 Å². The lowest BCUT2D eigenvalue weighted by Crippen LogP contribution is -2.45. The highest BCUT2D eigenvalue weighted by Crippen LogP contribution is 2.40. The first-order valence-electron chi connectivity index (χ1n) is 9.90. The van der Waals surface area contributed by atoms with Gasteiger partial charge in [-0.05, 0) is 48.7 Å². The molecule has 0 bridgehead atoms. The molecule has 2 aromatic rings. The Hall–Kier alpha value is -0.890. The third-order valence-electron chi connectivity index (χ3n) is 5.49. The van der Waals surface area contributed by atoms with Gasteiger partial charge in [0.25, 0.3) is 0 Å². The van der Waals surface area contributed by atoms with Crippen LogP contribution < -0.4 is 0 Å². The van der Waals surface area contributed by atoms with Crippen LogP contribution in [0, 0.1) is 12.3 Å². The maximum Gasteiger partial charge on any atom is 0.243 e. The highest BCUT2D eigenvalue weighted by molar-refractivity contribution is 14.1. The van der Waals surface area contributed by atoms with Gasteiger partial charge in [0.1, 0.15) is 0 Å². The number of aryl methyl sites for hydroxylation is 1. The van der Waals surface area contributed by atoms with Gasteiger partial charge in [0.2, 0.25) is 10.0 Å². The number of benzene rings is 2. The fraction of sp³-hybridized carbons (Fsp3) is 0.391. The zero-order valence-corrected chi connectivity index (χ0v) is 20.6. The van der Waals surface area contributed by atoms with Crippen molar-refractivity contribution < 1.29 is 8.42 Å². The molecule has 0 aliphatic carbocycles. The molecule has 156 valence electrons. The van der Waals surface area contributed by atoms with E-state index in [0.29, 0.717) is 23.0 Å². The summed E-state index contributed by atoms with van der Waals surface area (Å²) in [6.07, 6.45) is 5.46. The summed E-state index contributed by atoms with van der Waals surface area (Å²) in [4.78, 5) is 0.360. The van der Waals surface area contributed by atoms with Gasteiger partial charge in [-0.1, -0.05) is 89.9 Å². The normalized spacial score (nSPS) is 20.5. The van der Waals surface area contributed by atoms with Gasteiger partial charge in [-0.2, -0.15) is 4.31 Å². The summed E-state index contributed by atoms with van der Waals surface area (Å²) in [7, 11) is -3.57. The van der Waals surface area contributed by atoms with E-state index in [1.807, 2.05) is 43.3 Å². The number of unbranched alkanes of at least 4 members (excludes halogenated alkanes) is 1. The van der Waals surface area contributed by atoms with Crippen molar-refractivity contribution >= 4 is 49.8 Å². The molecule has 0 saturated heterocycles. The van der Waals surface area contributed by atoms with Gasteiger partial charge < -0.3 is 0 Å². The van der Waals surface area contributed by atoms with Gasteiger partial charge in [-0.25, -0.2) is 8.42 Å². The van der Waals surface area contributed by atoms with E-state index < -0.39 is 10.0 Å². The molecule has 3 rings (SSSR count). The first-order valence-corrected chi connectivity index (χ1v) is 13.2. The highest BCUT2D eigenvalue weighted by atomic mass is 127. The SMILES string of the molecule is CCCC[C@]1(CI)C=C(c2ccc(Cl)cc2)CN(S(=O)(=O)c2ccc(C)cc2)C1. The minimum Gasteiger partial charge on any atom is -0.207 e. The van der Waals surface area contributed by atoms with Crippen LogP contribution in [0.15, 0.2) is 59.5 Å². The molecule has 1 heterocycles. The van der Waals surface area contributed by atoms with Crippen molar-refractivity contribution in [2.75, 3.05) is 17.5 Å². The molecule has 29 heavy (non-hydrogen) atoms. The van der Waals surface area contributed by atoms with E-state index in [0.717, 1.165) is 40.4 Å². The zero-order chi connectivity index (χ0) is 21.1. The van der Waals surface area contributed by atoms with E-state index in [1.54, 1.807) is 16.4 Å². The van der Waals surface area contributed by atoms with Crippen LogP contribution in [0.25, 0.3) is 5.57 Å². The molecule has 0 spiro atoms. The molecule has 0 unspecified atom stereocenters. The number of sulfonamides is 1. The van der Waals surface area contributed by atoms with Gasteiger partial charge in [0, 0.05) is 28.0 Å². The molecule has 3 nitrogen and oxygen atoms in total. The standard InChI is InChI=1S/C23H27ClINO2S/c1-3-4-13-23(16-25)14-20(19-7-9-21(24)10-8-19)15-26(17-23)29(27,28)22-11-5-18(2)6-12-22/h5-12,14H,3-4,13,15-17H2,1-2H3/t23-/m1/s1. The molecule has 0 N–H and O–H groups in total. The highest BCUT2D eigenvalue weighted by Gasteiger charge is 2.39. The molecule has 1 atom stereocenters. The van der Waals surface area contributed by atoms with Crippen molar-refractivity contribution in [2.45, 2.75) is 38.0 Å². The van der Waals surface area contributed by atoms with Crippen molar-refractivity contribution in [3.63, 3.8) is 0 Å². The molecule has 0 radical (unpaired) electrons. The van der Waals surface area contributed by atoms with E-state index in [2.05, 4.69) is 35.6 Å². The number of hydrogen-bond donors (Lipinski definition) is 0. The number of hydrogen-bond acceptors (Lipinski definition) is 2. The lowest BCUT2D eigenvalue weighted by molar-refractivity contribution is 0.281. The molecule has 2 aromatic carbocycles. The Morgan fingerprint density at radius 2 is 1.76 bits per heavy atom. The van der Waals surface area contributed by atoms with Gasteiger partial charge in [-0.3, -0.25) is 0 Å². The number of nitrogens with zero attached hydrogens (tertiary/aromatic N) is 1. The minimum absolute atomic E-state index is 0.165. The fourth-order valence-corrected chi connectivity index (χ4v) is 6.24. The van der Waals surface area contributed by atoms with Gasteiger partial charge in [0.05, 0.1) is 4.90 Å². The van der Waals surface area contributed by atoms with Crippen molar-refractivity contribution in [2.24, 2.45) is 5.41 Å². The molecule has 6 heteroatoms. The lowest BCUT2D eigenvalue weighted by atomic mass is 9.79. The summed E-state index contributed by atoms with van der Waals surface area (Å²) < 4.78 is 29.5. The minimum atomic E-state index is -3.57.